The SMILES string of the molecule is Cc1ccc(NC(=O)C(NC(=O)OCC2c3ccccc3-c3ccccc32)C(C)OCc2ccccc2)cc1C(=O)O. The molecule has 1 aliphatic rings. The highest BCUT2D eigenvalue weighted by molar-refractivity contribution is 5.98. The second-order valence-corrected chi connectivity index (χ2v) is 10.3. The Morgan fingerprint density at radius 3 is 2.12 bits per heavy atom. The Morgan fingerprint density at radius 2 is 1.48 bits per heavy atom. The fourth-order valence-corrected chi connectivity index (χ4v) is 5.21. The predicted octanol–water partition coefficient (Wildman–Crippen LogP) is 6.14. The Labute approximate surface area is 244 Å². The number of carbonyl (C=O) groups is 3. The number of nitrogens with one attached hydrogen (secondary N) is 2. The van der Waals surface area contributed by atoms with Crippen LogP contribution in [0.2, 0.25) is 0 Å². The summed E-state index contributed by atoms with van der Waals surface area (Å²) in [5.74, 6) is -1.80. The number of rotatable bonds is 10. The molecule has 1 aliphatic carbocycles. The van der Waals surface area contributed by atoms with Gasteiger partial charge < -0.3 is 25.2 Å². The number of carboxylic acid groups (broad SMARTS) is 1. The van der Waals surface area contributed by atoms with Gasteiger partial charge in [0.15, 0.2) is 0 Å². The van der Waals surface area contributed by atoms with Crippen molar-refractivity contribution >= 4 is 23.7 Å². The Balaban J connectivity index is 1.30. The Hall–Kier alpha value is -4.95. The van der Waals surface area contributed by atoms with Gasteiger partial charge in [-0.2, -0.15) is 0 Å². The maximum absolute atomic E-state index is 13.4. The topological polar surface area (TPSA) is 114 Å². The quantitative estimate of drug-likeness (QED) is 0.213. The highest BCUT2D eigenvalue weighted by Gasteiger charge is 2.32. The van der Waals surface area contributed by atoms with Gasteiger partial charge in [-0.25, -0.2) is 9.59 Å². The number of hydrogen-bond donors (Lipinski definition) is 3. The lowest BCUT2D eigenvalue weighted by molar-refractivity contribution is -0.121. The van der Waals surface area contributed by atoms with E-state index in [2.05, 4.69) is 22.8 Å². The van der Waals surface area contributed by atoms with Gasteiger partial charge in [-0.15, -0.1) is 0 Å². The molecule has 214 valence electrons. The van der Waals surface area contributed by atoms with Gasteiger partial charge in [-0.1, -0.05) is 84.9 Å². The third kappa shape index (κ3) is 6.34. The number of benzene rings is 4. The van der Waals surface area contributed by atoms with Crippen LogP contribution in [0.1, 0.15) is 45.5 Å². The summed E-state index contributed by atoms with van der Waals surface area (Å²) in [7, 11) is 0. The van der Waals surface area contributed by atoms with Gasteiger partial charge in [0, 0.05) is 11.6 Å². The zero-order chi connectivity index (χ0) is 29.6. The summed E-state index contributed by atoms with van der Waals surface area (Å²) in [5.41, 5.74) is 6.22. The van der Waals surface area contributed by atoms with Gasteiger partial charge in [0.05, 0.1) is 18.3 Å². The van der Waals surface area contributed by atoms with E-state index in [1.165, 1.54) is 6.07 Å². The molecular formula is C34H32N2O6. The Morgan fingerprint density at radius 1 is 0.857 bits per heavy atom. The first-order valence-electron chi connectivity index (χ1n) is 13.7. The molecule has 5 rings (SSSR count). The van der Waals surface area contributed by atoms with Gasteiger partial charge >= 0.3 is 12.1 Å². The number of hydrogen-bond acceptors (Lipinski definition) is 5. The van der Waals surface area contributed by atoms with E-state index in [1.54, 1.807) is 26.0 Å². The van der Waals surface area contributed by atoms with Crippen molar-refractivity contribution in [1.29, 1.82) is 0 Å². The van der Waals surface area contributed by atoms with E-state index < -0.39 is 30.1 Å². The van der Waals surface area contributed by atoms with Crippen molar-refractivity contribution in [2.45, 2.75) is 38.5 Å². The number of fused-ring (bicyclic) bond motifs is 3. The van der Waals surface area contributed by atoms with E-state index in [1.807, 2.05) is 66.7 Å². The number of alkyl carbamates (subject to hydrolysis) is 1. The zero-order valence-corrected chi connectivity index (χ0v) is 23.4. The van der Waals surface area contributed by atoms with E-state index in [4.69, 9.17) is 9.47 Å². The average molecular weight is 565 g/mol. The van der Waals surface area contributed by atoms with Crippen LogP contribution < -0.4 is 10.6 Å². The lowest BCUT2D eigenvalue weighted by Gasteiger charge is -2.25. The molecule has 4 aromatic carbocycles. The number of carbonyl (C=O) groups excluding carboxylic acids is 2. The summed E-state index contributed by atoms with van der Waals surface area (Å²) in [4.78, 5) is 38.2. The molecule has 3 N–H and O–H groups in total. The Kier molecular flexibility index (Phi) is 8.64. The number of carboxylic acids is 1. The minimum absolute atomic E-state index is 0.0715. The zero-order valence-electron chi connectivity index (χ0n) is 23.4. The van der Waals surface area contributed by atoms with Crippen LogP contribution in [0.15, 0.2) is 97.1 Å². The summed E-state index contributed by atoms with van der Waals surface area (Å²) in [6.45, 7) is 3.68. The van der Waals surface area contributed by atoms with E-state index in [9.17, 15) is 19.5 Å². The normalized spacial score (nSPS) is 13.4. The minimum Gasteiger partial charge on any atom is -0.478 e. The highest BCUT2D eigenvalue weighted by Crippen LogP contribution is 2.44. The molecular weight excluding hydrogens is 532 g/mol. The van der Waals surface area contributed by atoms with E-state index in [0.29, 0.717) is 5.56 Å². The van der Waals surface area contributed by atoms with Crippen molar-refractivity contribution < 1.29 is 29.0 Å². The van der Waals surface area contributed by atoms with Crippen LogP contribution in [-0.2, 0) is 20.9 Å². The molecule has 0 aromatic heterocycles. The predicted molar refractivity (Wildman–Crippen MR) is 159 cm³/mol. The first-order valence-corrected chi connectivity index (χ1v) is 13.7. The molecule has 0 spiro atoms. The monoisotopic (exact) mass is 564 g/mol. The van der Waals surface area contributed by atoms with Crippen molar-refractivity contribution in [2.24, 2.45) is 0 Å². The first-order chi connectivity index (χ1) is 20.3. The number of anilines is 1. The number of amides is 2. The molecule has 8 nitrogen and oxygen atoms in total. The number of aryl methyl sites for hydroxylation is 1. The smallest absolute Gasteiger partial charge is 0.407 e. The van der Waals surface area contributed by atoms with Crippen LogP contribution in [0.3, 0.4) is 0 Å². The molecule has 4 aromatic rings. The van der Waals surface area contributed by atoms with Crippen molar-refractivity contribution in [3.63, 3.8) is 0 Å². The van der Waals surface area contributed by atoms with Gasteiger partial charge in [-0.05, 0) is 59.4 Å². The molecule has 2 atom stereocenters. The highest BCUT2D eigenvalue weighted by atomic mass is 16.5. The molecule has 2 unspecified atom stereocenters. The first kappa shape index (κ1) is 28.6. The molecule has 0 fully saturated rings. The van der Waals surface area contributed by atoms with Crippen LogP contribution in [0, 0.1) is 6.92 Å². The minimum atomic E-state index is -1.13. The van der Waals surface area contributed by atoms with Crippen molar-refractivity contribution in [3.8, 4) is 11.1 Å². The third-order valence-electron chi connectivity index (χ3n) is 7.46. The van der Waals surface area contributed by atoms with Crippen LogP contribution in [0.4, 0.5) is 10.5 Å². The van der Waals surface area contributed by atoms with Crippen LogP contribution >= 0.6 is 0 Å². The van der Waals surface area contributed by atoms with Crippen LogP contribution in [0.25, 0.3) is 11.1 Å². The summed E-state index contributed by atoms with van der Waals surface area (Å²) in [6.07, 6.45) is -1.50. The fourth-order valence-electron chi connectivity index (χ4n) is 5.21. The molecule has 0 aliphatic heterocycles. The van der Waals surface area contributed by atoms with Gasteiger partial charge in [0.1, 0.15) is 12.6 Å². The second-order valence-electron chi connectivity index (χ2n) is 10.3. The Bertz CT molecular complexity index is 1560. The molecule has 0 saturated heterocycles. The standard InChI is InChI=1S/C34H32N2O6/c1-21-16-17-24(18-29(21)33(38)39)35-32(37)31(22(2)41-19-23-10-4-3-5-11-23)36-34(40)42-20-30-27-14-8-6-12-25(27)26-13-7-9-15-28(26)30/h3-18,22,30-31H,19-20H2,1-2H3,(H,35,37)(H,36,40)(H,38,39). The van der Waals surface area contributed by atoms with Crippen LogP contribution in [-0.4, -0.2) is 41.8 Å². The van der Waals surface area contributed by atoms with Crippen molar-refractivity contribution in [2.75, 3.05) is 11.9 Å². The molecule has 0 radical (unpaired) electrons. The summed E-state index contributed by atoms with van der Waals surface area (Å²) < 4.78 is 11.7. The third-order valence-corrected chi connectivity index (χ3v) is 7.46. The summed E-state index contributed by atoms with van der Waals surface area (Å²) in [6, 6.07) is 29.0. The molecule has 8 heteroatoms. The second kappa shape index (κ2) is 12.7. The molecule has 0 saturated carbocycles. The number of aromatic carboxylic acids is 1. The lowest BCUT2D eigenvalue weighted by Crippen LogP contribution is -2.51. The lowest BCUT2D eigenvalue weighted by atomic mass is 9.98. The fraction of sp³-hybridized carbons (Fsp3) is 0.206. The summed E-state index contributed by atoms with van der Waals surface area (Å²) in [5, 5.41) is 14.9. The largest absolute Gasteiger partial charge is 0.478 e. The van der Waals surface area contributed by atoms with Gasteiger partial charge in [0.25, 0.3) is 0 Å². The van der Waals surface area contributed by atoms with Gasteiger partial charge in [0.2, 0.25) is 5.91 Å². The molecule has 2 amide bonds. The van der Waals surface area contributed by atoms with Crippen molar-refractivity contribution in [1.82, 2.24) is 5.32 Å². The van der Waals surface area contributed by atoms with E-state index in [0.717, 1.165) is 27.8 Å². The van der Waals surface area contributed by atoms with E-state index in [-0.39, 0.29) is 30.4 Å². The molecule has 0 heterocycles. The number of ether oxygens (including phenoxy) is 2. The van der Waals surface area contributed by atoms with Gasteiger partial charge in [-0.3, -0.25) is 4.79 Å². The summed E-state index contributed by atoms with van der Waals surface area (Å²) >= 11 is 0. The van der Waals surface area contributed by atoms with E-state index >= 15 is 0 Å². The maximum Gasteiger partial charge on any atom is 0.407 e. The average Bonchev–Trinajstić information content (AvgIpc) is 3.32. The molecule has 42 heavy (non-hydrogen) atoms. The maximum atomic E-state index is 13.4. The van der Waals surface area contributed by atoms with Crippen LogP contribution in [0.5, 0.6) is 0 Å². The molecule has 0 bridgehead atoms. The van der Waals surface area contributed by atoms with Crippen molar-refractivity contribution in [3.05, 3.63) is 125 Å².